The van der Waals surface area contributed by atoms with Crippen LogP contribution in [0.5, 0.6) is 28.7 Å². The fourth-order valence-corrected chi connectivity index (χ4v) is 6.89. The molecule has 3 aliphatic rings. The third-order valence-corrected chi connectivity index (χ3v) is 8.85. The zero-order valence-corrected chi connectivity index (χ0v) is 26.0. The van der Waals surface area contributed by atoms with Crippen LogP contribution in [0, 0.1) is 0 Å². The van der Waals surface area contributed by atoms with Gasteiger partial charge in [0.15, 0.2) is 23.0 Å². The van der Waals surface area contributed by atoms with Gasteiger partial charge in [-0.3, -0.25) is 9.69 Å². The van der Waals surface area contributed by atoms with Crippen molar-refractivity contribution < 1.29 is 38.0 Å². The quantitative estimate of drug-likeness (QED) is 0.247. The monoisotopic (exact) mass is 622 g/mol. The molecule has 0 aromatic heterocycles. The Balaban J connectivity index is 1.34. The van der Waals surface area contributed by atoms with Crippen molar-refractivity contribution in [1.29, 1.82) is 0 Å². The summed E-state index contributed by atoms with van der Waals surface area (Å²) in [4.78, 5) is 28.5. The van der Waals surface area contributed by atoms with E-state index in [0.717, 1.165) is 33.5 Å². The number of amides is 1. The first-order valence-corrected chi connectivity index (χ1v) is 15.1. The van der Waals surface area contributed by atoms with E-state index in [2.05, 4.69) is 10.2 Å². The van der Waals surface area contributed by atoms with Gasteiger partial charge in [-0.25, -0.2) is 4.79 Å². The Labute approximate surface area is 266 Å². The minimum atomic E-state index is -0.651. The second kappa shape index (κ2) is 11.9. The molecule has 0 saturated heterocycles. The lowest BCUT2D eigenvalue weighted by Crippen LogP contribution is -2.36. The topological polar surface area (TPSA) is 105 Å². The van der Waals surface area contributed by atoms with Crippen LogP contribution in [0.15, 0.2) is 66.7 Å². The van der Waals surface area contributed by atoms with E-state index in [1.54, 1.807) is 13.2 Å². The highest BCUT2D eigenvalue weighted by atomic mass is 16.7. The standard InChI is InChI=1S/C36H34N2O8/c1-38-16-15-23-27(21-10-8-9-20(17-21)18-26(39)37-22-11-6-5-7-12-22)34-35(45-19-44-34)33(43-4)28(23)30(38)31-24-13-14-25(41-2)32(42-3)29(24)36(40)46-31/h5-14,17,30-31H,15-16,18-19H2,1-4H3,(H,37,39)/t30-,31+/m1/s1. The zero-order valence-electron chi connectivity index (χ0n) is 26.0. The number of anilines is 1. The summed E-state index contributed by atoms with van der Waals surface area (Å²) in [6.45, 7) is 0.725. The molecule has 1 N–H and O–H groups in total. The predicted octanol–water partition coefficient (Wildman–Crippen LogP) is 5.73. The summed E-state index contributed by atoms with van der Waals surface area (Å²) in [5.74, 6) is 1.86. The first-order valence-electron chi connectivity index (χ1n) is 15.1. The third kappa shape index (κ3) is 4.85. The molecule has 7 rings (SSSR count). The molecule has 46 heavy (non-hydrogen) atoms. The van der Waals surface area contributed by atoms with E-state index in [1.165, 1.54) is 14.2 Å². The van der Waals surface area contributed by atoms with Crippen molar-refractivity contribution in [2.75, 3.05) is 47.0 Å². The van der Waals surface area contributed by atoms with Gasteiger partial charge in [-0.1, -0.05) is 48.5 Å². The van der Waals surface area contributed by atoms with Gasteiger partial charge in [0, 0.05) is 28.9 Å². The molecule has 0 spiro atoms. The summed E-state index contributed by atoms with van der Waals surface area (Å²) in [6, 6.07) is 20.6. The van der Waals surface area contributed by atoms with Gasteiger partial charge in [0.1, 0.15) is 11.7 Å². The van der Waals surface area contributed by atoms with Gasteiger partial charge in [-0.2, -0.15) is 0 Å². The van der Waals surface area contributed by atoms with Gasteiger partial charge in [0.05, 0.1) is 33.8 Å². The number of fused-ring (bicyclic) bond motifs is 3. The van der Waals surface area contributed by atoms with Crippen LogP contribution in [0.4, 0.5) is 5.69 Å². The van der Waals surface area contributed by atoms with Gasteiger partial charge in [0.25, 0.3) is 0 Å². The molecule has 3 heterocycles. The second-order valence-corrected chi connectivity index (χ2v) is 11.4. The number of nitrogens with one attached hydrogen (secondary N) is 1. The van der Waals surface area contributed by atoms with E-state index in [0.29, 0.717) is 52.8 Å². The number of nitrogens with zero attached hydrogens (tertiary/aromatic N) is 1. The molecule has 0 saturated carbocycles. The maximum atomic E-state index is 13.4. The summed E-state index contributed by atoms with van der Waals surface area (Å²) in [7, 11) is 6.66. The van der Waals surface area contributed by atoms with Crippen molar-refractivity contribution in [2.45, 2.75) is 25.0 Å². The fourth-order valence-electron chi connectivity index (χ4n) is 6.89. The molecular weight excluding hydrogens is 588 g/mol. The molecule has 0 aliphatic carbocycles. The molecule has 10 heteroatoms. The Bertz CT molecular complexity index is 1840. The van der Waals surface area contributed by atoms with E-state index in [1.807, 2.05) is 67.7 Å². The highest BCUT2D eigenvalue weighted by molar-refractivity contribution is 5.98. The van der Waals surface area contributed by atoms with Crippen molar-refractivity contribution in [1.82, 2.24) is 4.90 Å². The Morgan fingerprint density at radius 1 is 0.913 bits per heavy atom. The summed E-state index contributed by atoms with van der Waals surface area (Å²) < 4.78 is 35.4. The molecule has 0 unspecified atom stereocenters. The van der Waals surface area contributed by atoms with Crippen molar-refractivity contribution in [3.05, 3.63) is 94.5 Å². The number of benzene rings is 4. The smallest absolute Gasteiger partial charge is 0.343 e. The number of likely N-dealkylation sites (N-methyl/N-ethyl adjacent to an activating group) is 1. The Morgan fingerprint density at radius 2 is 1.70 bits per heavy atom. The summed E-state index contributed by atoms with van der Waals surface area (Å²) in [5.41, 5.74) is 6.31. The van der Waals surface area contributed by atoms with Gasteiger partial charge in [-0.05, 0) is 48.4 Å². The average Bonchev–Trinajstić information content (AvgIpc) is 3.68. The molecular formula is C36H34N2O8. The van der Waals surface area contributed by atoms with Crippen LogP contribution in [0.1, 0.15) is 44.8 Å². The van der Waals surface area contributed by atoms with E-state index in [-0.39, 0.29) is 19.1 Å². The third-order valence-electron chi connectivity index (χ3n) is 8.85. The molecule has 4 aromatic carbocycles. The number of carbonyl (C=O) groups is 2. The number of carbonyl (C=O) groups excluding carboxylic acids is 2. The molecule has 4 aromatic rings. The van der Waals surface area contributed by atoms with E-state index >= 15 is 0 Å². The second-order valence-electron chi connectivity index (χ2n) is 11.4. The Kier molecular flexibility index (Phi) is 7.66. The zero-order chi connectivity index (χ0) is 31.9. The highest BCUT2D eigenvalue weighted by Crippen LogP contribution is 2.58. The van der Waals surface area contributed by atoms with E-state index in [4.69, 9.17) is 28.4 Å². The molecule has 3 aliphatic heterocycles. The van der Waals surface area contributed by atoms with Crippen LogP contribution in [0.3, 0.4) is 0 Å². The molecule has 2 atom stereocenters. The van der Waals surface area contributed by atoms with E-state index in [9.17, 15) is 9.59 Å². The average molecular weight is 623 g/mol. The lowest BCUT2D eigenvalue weighted by atomic mass is 9.81. The molecule has 1 amide bonds. The van der Waals surface area contributed by atoms with Crippen molar-refractivity contribution in [3.63, 3.8) is 0 Å². The van der Waals surface area contributed by atoms with Crippen molar-refractivity contribution in [3.8, 4) is 39.9 Å². The predicted molar refractivity (Wildman–Crippen MR) is 170 cm³/mol. The number of rotatable bonds is 8. The number of hydrogen-bond acceptors (Lipinski definition) is 9. The molecule has 236 valence electrons. The van der Waals surface area contributed by atoms with Crippen LogP contribution < -0.4 is 29.0 Å². The SMILES string of the molecule is COc1ccc2c(c1OC)C(=O)O[C@@H]2[C@H]1c2c(c(-c3cccc(CC(=O)Nc4ccccc4)c3)c3c(c2OC)OCO3)CCN1C. The van der Waals surface area contributed by atoms with Crippen LogP contribution >= 0.6 is 0 Å². The van der Waals surface area contributed by atoms with Gasteiger partial charge in [-0.15, -0.1) is 0 Å². The van der Waals surface area contributed by atoms with Crippen LogP contribution in [0.2, 0.25) is 0 Å². The molecule has 0 bridgehead atoms. The van der Waals surface area contributed by atoms with Gasteiger partial charge < -0.3 is 33.7 Å². The summed E-state index contributed by atoms with van der Waals surface area (Å²) in [6.07, 6.45) is 0.232. The minimum absolute atomic E-state index is 0.0412. The van der Waals surface area contributed by atoms with Crippen LogP contribution in [-0.2, 0) is 22.4 Å². The first kappa shape index (κ1) is 29.5. The number of esters is 1. The molecule has 10 nitrogen and oxygen atoms in total. The number of ether oxygens (including phenoxy) is 6. The van der Waals surface area contributed by atoms with Crippen molar-refractivity contribution >= 4 is 17.6 Å². The largest absolute Gasteiger partial charge is 0.493 e. The van der Waals surface area contributed by atoms with Crippen LogP contribution in [0.25, 0.3) is 11.1 Å². The minimum Gasteiger partial charge on any atom is -0.493 e. The fraction of sp³-hybridized carbons (Fsp3) is 0.278. The number of cyclic esters (lactones) is 1. The van der Waals surface area contributed by atoms with Gasteiger partial charge in [0.2, 0.25) is 18.4 Å². The van der Waals surface area contributed by atoms with Crippen molar-refractivity contribution in [2.24, 2.45) is 0 Å². The Morgan fingerprint density at radius 3 is 2.46 bits per heavy atom. The lowest BCUT2D eigenvalue weighted by molar-refractivity contribution is -0.115. The normalized spacial score (nSPS) is 18.0. The number of hydrogen-bond donors (Lipinski definition) is 1. The first-order chi connectivity index (χ1) is 22.4. The van der Waals surface area contributed by atoms with Crippen LogP contribution in [-0.4, -0.2) is 58.5 Å². The molecule has 0 fully saturated rings. The highest BCUT2D eigenvalue weighted by Gasteiger charge is 2.47. The number of methoxy groups -OCH3 is 3. The Hall–Kier alpha value is -5.22. The summed E-state index contributed by atoms with van der Waals surface area (Å²) >= 11 is 0. The van der Waals surface area contributed by atoms with E-state index < -0.39 is 18.1 Å². The van der Waals surface area contributed by atoms with Gasteiger partial charge >= 0.3 is 5.97 Å². The maximum Gasteiger partial charge on any atom is 0.343 e. The summed E-state index contributed by atoms with van der Waals surface area (Å²) in [5, 5.41) is 2.96. The maximum absolute atomic E-state index is 13.4. The number of para-hydroxylation sites is 1. The molecule has 0 radical (unpaired) electrons. The lowest BCUT2D eigenvalue weighted by Gasteiger charge is -2.39.